The first kappa shape index (κ1) is 37.0. The molecule has 1 saturated heterocycles. The van der Waals surface area contributed by atoms with Gasteiger partial charge in [0, 0.05) is 36.6 Å². The SMILES string of the molecule is Cc1cccc(CN2CCN([C@H](C(=O)N[C@@H](Cc3ccccc3)[C@@H](O)C[C@H](Cc3ccc(-c4ccccn4)cc3)NC(=O)O)C(C)(C)C)C2=O)n1. The fourth-order valence-corrected chi connectivity index (χ4v) is 6.74. The standard InChI is InChI=1S/C40H48N6O5/c1-27-11-10-14-31(42-27)26-45-21-22-46(39(45)51)36(40(2,3)4)37(48)44-34(24-28-12-6-5-7-13-28)35(47)25-32(43-38(49)50)23-29-16-18-30(19-17-29)33-15-8-9-20-41-33/h5-20,32,34-36,43,47H,21-26H2,1-4H3,(H,44,48)(H,49,50)/t32-,34-,35-,36+/m0/s1. The van der Waals surface area contributed by atoms with Crippen molar-refractivity contribution in [2.24, 2.45) is 5.41 Å². The number of hydrogen-bond acceptors (Lipinski definition) is 6. The highest BCUT2D eigenvalue weighted by atomic mass is 16.4. The van der Waals surface area contributed by atoms with Gasteiger partial charge in [-0.15, -0.1) is 0 Å². The Morgan fingerprint density at radius 3 is 2.22 bits per heavy atom. The van der Waals surface area contributed by atoms with Crippen molar-refractivity contribution in [3.05, 3.63) is 120 Å². The number of carbonyl (C=O) groups is 3. The van der Waals surface area contributed by atoms with Crippen LogP contribution in [0.3, 0.4) is 0 Å². The molecule has 0 aliphatic carbocycles. The number of rotatable bonds is 14. The van der Waals surface area contributed by atoms with E-state index in [2.05, 4.69) is 20.6 Å². The van der Waals surface area contributed by atoms with Gasteiger partial charge in [-0.1, -0.05) is 87.5 Å². The molecule has 4 amide bonds. The van der Waals surface area contributed by atoms with Crippen molar-refractivity contribution in [3.8, 4) is 11.3 Å². The fourth-order valence-electron chi connectivity index (χ4n) is 6.74. The zero-order chi connectivity index (χ0) is 36.5. The Balaban J connectivity index is 1.33. The molecule has 0 spiro atoms. The van der Waals surface area contributed by atoms with Crippen molar-refractivity contribution < 1.29 is 24.6 Å². The molecule has 4 N–H and O–H groups in total. The number of aliphatic hydroxyl groups is 1. The Bertz CT molecular complexity index is 1760. The minimum absolute atomic E-state index is 0.0478. The first-order valence-electron chi connectivity index (χ1n) is 17.4. The number of urea groups is 1. The molecule has 0 saturated carbocycles. The van der Waals surface area contributed by atoms with Gasteiger partial charge in [-0.2, -0.15) is 0 Å². The van der Waals surface area contributed by atoms with Crippen LogP contribution in [0.15, 0.2) is 97.2 Å². The average molecular weight is 693 g/mol. The number of hydrogen-bond donors (Lipinski definition) is 4. The average Bonchev–Trinajstić information content (AvgIpc) is 3.43. The second-order valence-electron chi connectivity index (χ2n) is 14.3. The summed E-state index contributed by atoms with van der Waals surface area (Å²) in [7, 11) is 0. The third-order valence-corrected chi connectivity index (χ3v) is 9.15. The molecule has 11 heteroatoms. The number of aryl methyl sites for hydroxylation is 1. The van der Waals surface area contributed by atoms with E-state index in [1.165, 1.54) is 0 Å². The molecule has 268 valence electrons. The number of amides is 4. The largest absolute Gasteiger partial charge is 0.465 e. The molecule has 1 aliphatic heterocycles. The van der Waals surface area contributed by atoms with Crippen molar-refractivity contribution in [2.75, 3.05) is 13.1 Å². The quantitative estimate of drug-likeness (QED) is 0.137. The van der Waals surface area contributed by atoms with Crippen LogP contribution in [0, 0.1) is 12.3 Å². The smallest absolute Gasteiger partial charge is 0.404 e. The number of pyridine rings is 2. The molecule has 5 rings (SSSR count). The Hall–Kier alpha value is -5.29. The number of aliphatic hydroxyl groups excluding tert-OH is 1. The maximum Gasteiger partial charge on any atom is 0.404 e. The highest BCUT2D eigenvalue weighted by molar-refractivity contribution is 5.89. The second-order valence-corrected chi connectivity index (χ2v) is 14.3. The molecule has 2 aromatic carbocycles. The maximum atomic E-state index is 14.3. The summed E-state index contributed by atoms with van der Waals surface area (Å²) in [5.41, 5.74) is 4.57. The number of nitrogens with one attached hydrogen (secondary N) is 2. The number of carbonyl (C=O) groups excluding carboxylic acids is 2. The van der Waals surface area contributed by atoms with E-state index in [0.29, 0.717) is 32.5 Å². The minimum atomic E-state index is -1.20. The molecule has 4 atom stereocenters. The van der Waals surface area contributed by atoms with Gasteiger partial charge < -0.3 is 30.6 Å². The van der Waals surface area contributed by atoms with E-state index in [9.17, 15) is 24.6 Å². The molecule has 51 heavy (non-hydrogen) atoms. The van der Waals surface area contributed by atoms with Crippen molar-refractivity contribution in [2.45, 2.75) is 77.7 Å². The lowest BCUT2D eigenvalue weighted by Gasteiger charge is -2.38. The van der Waals surface area contributed by atoms with Gasteiger partial charge in [0.05, 0.1) is 30.1 Å². The van der Waals surface area contributed by atoms with Gasteiger partial charge in [0.2, 0.25) is 5.91 Å². The highest BCUT2D eigenvalue weighted by Gasteiger charge is 2.44. The van der Waals surface area contributed by atoms with E-state index in [1.807, 2.05) is 119 Å². The van der Waals surface area contributed by atoms with E-state index in [1.54, 1.807) is 16.0 Å². The molecule has 0 unspecified atom stereocenters. The molecule has 3 heterocycles. The van der Waals surface area contributed by atoms with Gasteiger partial charge in [-0.3, -0.25) is 14.8 Å². The normalized spacial score (nSPS) is 15.6. The predicted molar refractivity (Wildman–Crippen MR) is 196 cm³/mol. The van der Waals surface area contributed by atoms with Crippen molar-refractivity contribution in [3.63, 3.8) is 0 Å². The van der Waals surface area contributed by atoms with Crippen LogP contribution < -0.4 is 10.6 Å². The van der Waals surface area contributed by atoms with Gasteiger partial charge in [-0.05, 0) is 67.0 Å². The summed E-state index contributed by atoms with van der Waals surface area (Å²) < 4.78 is 0. The van der Waals surface area contributed by atoms with Crippen LogP contribution in [-0.4, -0.2) is 85.3 Å². The van der Waals surface area contributed by atoms with Crippen LogP contribution in [0.25, 0.3) is 11.3 Å². The van der Waals surface area contributed by atoms with Gasteiger partial charge >= 0.3 is 12.1 Å². The molecule has 2 aromatic heterocycles. The van der Waals surface area contributed by atoms with Crippen LogP contribution in [0.4, 0.5) is 9.59 Å². The van der Waals surface area contributed by atoms with Crippen LogP contribution in [0.5, 0.6) is 0 Å². The third-order valence-electron chi connectivity index (χ3n) is 9.15. The summed E-state index contributed by atoms with van der Waals surface area (Å²) >= 11 is 0. The molecule has 0 radical (unpaired) electrons. The first-order chi connectivity index (χ1) is 24.4. The number of aromatic nitrogens is 2. The summed E-state index contributed by atoms with van der Waals surface area (Å²) in [5.74, 6) is -0.376. The summed E-state index contributed by atoms with van der Waals surface area (Å²) in [4.78, 5) is 52.2. The Labute approximate surface area is 299 Å². The number of benzene rings is 2. The number of nitrogens with zero attached hydrogens (tertiary/aromatic N) is 4. The molecule has 4 aromatic rings. The van der Waals surface area contributed by atoms with Crippen LogP contribution >= 0.6 is 0 Å². The maximum absolute atomic E-state index is 14.3. The van der Waals surface area contributed by atoms with Crippen molar-refractivity contribution in [1.29, 1.82) is 0 Å². The lowest BCUT2D eigenvalue weighted by molar-refractivity contribution is -0.130. The second kappa shape index (κ2) is 16.6. The van der Waals surface area contributed by atoms with Gasteiger partial charge in [0.25, 0.3) is 0 Å². The first-order valence-corrected chi connectivity index (χ1v) is 17.4. The van der Waals surface area contributed by atoms with Gasteiger partial charge in [0.1, 0.15) is 6.04 Å². The molecular formula is C40H48N6O5. The van der Waals surface area contributed by atoms with E-state index < -0.39 is 35.7 Å². The monoisotopic (exact) mass is 692 g/mol. The van der Waals surface area contributed by atoms with Crippen molar-refractivity contribution in [1.82, 2.24) is 30.4 Å². The fraction of sp³-hybridized carbons (Fsp3) is 0.375. The van der Waals surface area contributed by atoms with E-state index in [4.69, 9.17) is 0 Å². The lowest BCUT2D eigenvalue weighted by atomic mass is 9.84. The lowest BCUT2D eigenvalue weighted by Crippen LogP contribution is -2.58. The Kier molecular flexibility index (Phi) is 12.0. The van der Waals surface area contributed by atoms with Crippen LogP contribution in [0.1, 0.15) is 49.7 Å². The van der Waals surface area contributed by atoms with Crippen molar-refractivity contribution >= 4 is 18.0 Å². The summed E-state index contributed by atoms with van der Waals surface area (Å²) in [6.07, 6.45) is 0.0999. The Morgan fingerprint density at radius 1 is 0.863 bits per heavy atom. The summed E-state index contributed by atoms with van der Waals surface area (Å²) in [5, 5.41) is 27.1. The molecule has 11 nitrogen and oxygen atoms in total. The Morgan fingerprint density at radius 2 is 1.57 bits per heavy atom. The van der Waals surface area contributed by atoms with Crippen LogP contribution in [0.2, 0.25) is 0 Å². The zero-order valence-corrected chi connectivity index (χ0v) is 29.7. The van der Waals surface area contributed by atoms with Crippen LogP contribution in [-0.2, 0) is 24.2 Å². The third kappa shape index (κ3) is 10.1. The predicted octanol–water partition coefficient (Wildman–Crippen LogP) is 5.46. The topological polar surface area (TPSA) is 148 Å². The zero-order valence-electron chi connectivity index (χ0n) is 29.7. The minimum Gasteiger partial charge on any atom is -0.465 e. The van der Waals surface area contributed by atoms with Gasteiger partial charge in [-0.25, -0.2) is 9.59 Å². The highest BCUT2D eigenvalue weighted by Crippen LogP contribution is 2.29. The summed E-state index contributed by atoms with van der Waals surface area (Å²) in [6, 6.07) is 26.2. The van der Waals surface area contributed by atoms with E-state index >= 15 is 0 Å². The van der Waals surface area contributed by atoms with E-state index in [-0.39, 0.29) is 18.4 Å². The molecular weight excluding hydrogens is 644 g/mol. The molecule has 0 bridgehead atoms. The summed E-state index contributed by atoms with van der Waals surface area (Å²) in [6.45, 7) is 8.83. The molecule has 1 fully saturated rings. The number of carboxylic acid groups (broad SMARTS) is 1. The van der Waals surface area contributed by atoms with Gasteiger partial charge in [0.15, 0.2) is 0 Å². The molecule has 1 aliphatic rings. The van der Waals surface area contributed by atoms with E-state index in [0.717, 1.165) is 33.8 Å².